The van der Waals surface area contributed by atoms with Crippen LogP contribution >= 0.6 is 0 Å². The van der Waals surface area contributed by atoms with Crippen LogP contribution in [0.3, 0.4) is 0 Å². The van der Waals surface area contributed by atoms with Crippen LogP contribution in [0.2, 0.25) is 0 Å². The number of esters is 1. The van der Waals surface area contributed by atoms with E-state index in [1.807, 2.05) is 6.92 Å². The Morgan fingerprint density at radius 3 is 1.91 bits per heavy atom. The van der Waals surface area contributed by atoms with Crippen molar-refractivity contribution < 1.29 is 14.3 Å². The fourth-order valence-corrected chi connectivity index (χ4v) is 4.39. The van der Waals surface area contributed by atoms with Crippen molar-refractivity contribution in [3.63, 3.8) is 0 Å². The number of rotatable bonds is 13. The molecule has 0 bridgehead atoms. The van der Waals surface area contributed by atoms with Crippen molar-refractivity contribution in [2.45, 2.75) is 119 Å². The first-order chi connectivity index (χ1) is 15.7. The minimum atomic E-state index is -0.963. The summed E-state index contributed by atoms with van der Waals surface area (Å²) in [5.74, 6) is -0.247. The number of hydrogen-bond donors (Lipinski definition) is 0. The van der Waals surface area contributed by atoms with Gasteiger partial charge in [0.15, 0.2) is 0 Å². The second kappa shape index (κ2) is 15.9. The standard InChI is InChI=1S/C30H48O3/c1-7-33-29(32)30(22-10-8-9-20-28(30)31)23-21-27(6)19-13-18-26(5)17-12-16-25(4)15-11-14-24(2)3/h14,16,18,21H,7-13,15,17,19-20,22-23H2,1-6H3. The second-order valence-corrected chi connectivity index (χ2v) is 10.0. The first kappa shape index (κ1) is 29.1. The third kappa shape index (κ3) is 11.2. The SMILES string of the molecule is CCOC(=O)C1(CC=C(C)CCC=C(C)CCC=C(C)CCC=C(C)C)CCCCCC1=O. The predicted octanol–water partition coefficient (Wildman–Crippen LogP) is 8.60. The van der Waals surface area contributed by atoms with Crippen LogP contribution in [-0.4, -0.2) is 18.4 Å². The van der Waals surface area contributed by atoms with Crippen LogP contribution in [0.15, 0.2) is 46.6 Å². The van der Waals surface area contributed by atoms with Gasteiger partial charge in [-0.05, 0) is 99.3 Å². The van der Waals surface area contributed by atoms with Crippen molar-refractivity contribution in [1.82, 2.24) is 0 Å². The van der Waals surface area contributed by atoms with Gasteiger partial charge in [-0.1, -0.05) is 59.4 Å². The number of carbonyl (C=O) groups is 2. The van der Waals surface area contributed by atoms with Gasteiger partial charge in [0.25, 0.3) is 0 Å². The van der Waals surface area contributed by atoms with Crippen molar-refractivity contribution >= 4 is 11.8 Å². The minimum Gasteiger partial charge on any atom is -0.465 e. The number of Topliss-reactive ketones (excluding diaryl/α,β-unsaturated/α-hetero) is 1. The lowest BCUT2D eigenvalue weighted by Gasteiger charge is -2.27. The molecule has 0 N–H and O–H groups in total. The van der Waals surface area contributed by atoms with Gasteiger partial charge in [0.2, 0.25) is 0 Å². The van der Waals surface area contributed by atoms with Gasteiger partial charge in [-0.15, -0.1) is 0 Å². The van der Waals surface area contributed by atoms with Crippen molar-refractivity contribution in [3.05, 3.63) is 46.6 Å². The molecule has 1 unspecified atom stereocenters. The topological polar surface area (TPSA) is 43.4 Å². The fraction of sp³-hybridized carbons (Fsp3) is 0.667. The van der Waals surface area contributed by atoms with Crippen LogP contribution in [0, 0.1) is 5.41 Å². The van der Waals surface area contributed by atoms with Gasteiger partial charge in [0.05, 0.1) is 6.61 Å². The molecule has 0 amide bonds. The van der Waals surface area contributed by atoms with E-state index < -0.39 is 5.41 Å². The minimum absolute atomic E-state index is 0.0717. The summed E-state index contributed by atoms with van der Waals surface area (Å²) in [7, 11) is 0. The number of carbonyl (C=O) groups excluding carboxylic acids is 2. The van der Waals surface area contributed by atoms with Crippen LogP contribution in [0.4, 0.5) is 0 Å². The first-order valence-electron chi connectivity index (χ1n) is 13.0. The van der Waals surface area contributed by atoms with E-state index >= 15 is 0 Å². The third-order valence-electron chi connectivity index (χ3n) is 6.66. The lowest BCUT2D eigenvalue weighted by atomic mass is 9.76. The highest BCUT2D eigenvalue weighted by atomic mass is 16.5. The van der Waals surface area contributed by atoms with Crippen LogP contribution in [0.5, 0.6) is 0 Å². The van der Waals surface area contributed by atoms with Crippen LogP contribution in [-0.2, 0) is 14.3 Å². The number of allylic oxidation sites excluding steroid dienone is 8. The summed E-state index contributed by atoms with van der Waals surface area (Å²) in [5.41, 5.74) is 4.58. The largest absolute Gasteiger partial charge is 0.465 e. The average Bonchev–Trinajstić information content (AvgIpc) is 2.94. The quantitative estimate of drug-likeness (QED) is 0.121. The summed E-state index contributed by atoms with van der Waals surface area (Å²) in [6.45, 7) is 13.0. The van der Waals surface area contributed by atoms with E-state index in [0.717, 1.165) is 57.8 Å². The van der Waals surface area contributed by atoms with Crippen LogP contribution in [0.25, 0.3) is 0 Å². The van der Waals surface area contributed by atoms with E-state index in [1.165, 1.54) is 22.3 Å². The molecule has 0 aliphatic heterocycles. The molecule has 1 aliphatic rings. The Hall–Kier alpha value is -1.90. The van der Waals surface area contributed by atoms with Gasteiger partial charge in [-0.2, -0.15) is 0 Å². The summed E-state index contributed by atoms with van der Waals surface area (Å²) in [6.07, 6.45) is 20.0. The highest BCUT2D eigenvalue weighted by Gasteiger charge is 2.45. The molecule has 0 aromatic carbocycles. The molecule has 186 valence electrons. The summed E-state index contributed by atoms with van der Waals surface area (Å²) < 4.78 is 5.34. The molecule has 3 heteroatoms. The first-order valence-corrected chi connectivity index (χ1v) is 13.0. The summed E-state index contributed by atoms with van der Waals surface area (Å²) in [4.78, 5) is 25.6. The molecule has 1 fully saturated rings. The van der Waals surface area contributed by atoms with E-state index in [2.05, 4.69) is 58.9 Å². The molecular weight excluding hydrogens is 408 g/mol. The number of hydrogen-bond acceptors (Lipinski definition) is 3. The third-order valence-corrected chi connectivity index (χ3v) is 6.66. The molecule has 0 aromatic heterocycles. The van der Waals surface area contributed by atoms with Crippen LogP contribution < -0.4 is 0 Å². The Labute approximate surface area is 203 Å². The summed E-state index contributed by atoms with van der Waals surface area (Å²) in [6, 6.07) is 0. The number of ketones is 1. The molecule has 3 nitrogen and oxygen atoms in total. The maximum Gasteiger partial charge on any atom is 0.319 e. The van der Waals surface area contributed by atoms with Crippen molar-refractivity contribution in [2.24, 2.45) is 5.41 Å². The molecule has 33 heavy (non-hydrogen) atoms. The molecule has 1 saturated carbocycles. The van der Waals surface area contributed by atoms with Gasteiger partial charge in [0.1, 0.15) is 11.2 Å². The van der Waals surface area contributed by atoms with E-state index in [0.29, 0.717) is 25.9 Å². The van der Waals surface area contributed by atoms with Crippen molar-refractivity contribution in [3.8, 4) is 0 Å². The van der Waals surface area contributed by atoms with Crippen LogP contribution in [0.1, 0.15) is 119 Å². The van der Waals surface area contributed by atoms with Gasteiger partial charge < -0.3 is 4.74 Å². The smallest absolute Gasteiger partial charge is 0.319 e. The maximum absolute atomic E-state index is 12.9. The number of ether oxygens (including phenoxy) is 1. The van der Waals surface area contributed by atoms with E-state index in [4.69, 9.17) is 4.74 Å². The Morgan fingerprint density at radius 1 is 0.818 bits per heavy atom. The molecule has 1 rings (SSSR count). The molecular formula is C30H48O3. The van der Waals surface area contributed by atoms with Gasteiger partial charge >= 0.3 is 5.97 Å². The second-order valence-electron chi connectivity index (χ2n) is 10.0. The zero-order chi connectivity index (χ0) is 24.7. The molecule has 0 saturated heterocycles. The lowest BCUT2D eigenvalue weighted by molar-refractivity contribution is -0.160. The maximum atomic E-state index is 12.9. The highest BCUT2D eigenvalue weighted by Crippen LogP contribution is 2.37. The summed E-state index contributed by atoms with van der Waals surface area (Å²) in [5, 5.41) is 0. The molecule has 0 heterocycles. The molecule has 1 atom stereocenters. The Bertz CT molecular complexity index is 747. The van der Waals surface area contributed by atoms with Gasteiger partial charge in [-0.3, -0.25) is 9.59 Å². The summed E-state index contributed by atoms with van der Waals surface area (Å²) >= 11 is 0. The molecule has 0 aromatic rings. The zero-order valence-corrected chi connectivity index (χ0v) is 22.2. The van der Waals surface area contributed by atoms with E-state index in [1.54, 1.807) is 0 Å². The normalized spacial score (nSPS) is 20.4. The Morgan fingerprint density at radius 2 is 1.36 bits per heavy atom. The lowest BCUT2D eigenvalue weighted by Crippen LogP contribution is -2.39. The highest BCUT2D eigenvalue weighted by molar-refractivity contribution is 6.04. The molecule has 0 spiro atoms. The van der Waals surface area contributed by atoms with Gasteiger partial charge in [-0.25, -0.2) is 0 Å². The van der Waals surface area contributed by atoms with Crippen molar-refractivity contribution in [1.29, 1.82) is 0 Å². The average molecular weight is 457 g/mol. The Balaban J connectivity index is 2.56. The zero-order valence-electron chi connectivity index (χ0n) is 22.2. The molecule has 1 aliphatic carbocycles. The fourth-order valence-electron chi connectivity index (χ4n) is 4.39. The molecule has 0 radical (unpaired) electrons. The van der Waals surface area contributed by atoms with Crippen molar-refractivity contribution in [2.75, 3.05) is 6.61 Å². The van der Waals surface area contributed by atoms with Gasteiger partial charge in [0, 0.05) is 6.42 Å². The van der Waals surface area contributed by atoms with E-state index in [-0.39, 0.29) is 11.8 Å². The van der Waals surface area contributed by atoms with E-state index in [9.17, 15) is 9.59 Å². The predicted molar refractivity (Wildman–Crippen MR) is 140 cm³/mol. The monoisotopic (exact) mass is 456 g/mol. The Kier molecular flexibility index (Phi) is 14.0.